The van der Waals surface area contributed by atoms with Gasteiger partial charge in [0.25, 0.3) is 0 Å². The third kappa shape index (κ3) is 4.52. The average molecular weight is 358 g/mol. The summed E-state index contributed by atoms with van der Waals surface area (Å²) in [6.45, 7) is 2.37. The molecule has 0 amide bonds. The summed E-state index contributed by atoms with van der Waals surface area (Å²) in [7, 11) is -3.17. The van der Waals surface area contributed by atoms with Crippen LogP contribution in [0, 0.1) is 5.92 Å². The van der Waals surface area contributed by atoms with E-state index < -0.39 is 9.84 Å². The summed E-state index contributed by atoms with van der Waals surface area (Å²) in [6, 6.07) is 12.4. The SMILES string of the molecule is CS(=O)(=O)c1ccc(CN2CCCC(C(=O)c3ccccn3)C2)cc1. The highest BCUT2D eigenvalue weighted by molar-refractivity contribution is 7.90. The smallest absolute Gasteiger partial charge is 0.185 e. The molecule has 0 N–H and O–H groups in total. The molecule has 132 valence electrons. The lowest BCUT2D eigenvalue weighted by atomic mass is 9.91. The van der Waals surface area contributed by atoms with Crippen molar-refractivity contribution in [3.63, 3.8) is 0 Å². The Labute approximate surface area is 148 Å². The van der Waals surface area contributed by atoms with Crippen LogP contribution in [0.25, 0.3) is 0 Å². The van der Waals surface area contributed by atoms with Crippen LogP contribution >= 0.6 is 0 Å². The van der Waals surface area contributed by atoms with Gasteiger partial charge in [-0.1, -0.05) is 18.2 Å². The molecule has 2 aromatic rings. The number of piperidine rings is 1. The highest BCUT2D eigenvalue weighted by atomic mass is 32.2. The van der Waals surface area contributed by atoms with Crippen molar-refractivity contribution in [2.24, 2.45) is 5.92 Å². The first-order valence-electron chi connectivity index (χ1n) is 8.40. The maximum absolute atomic E-state index is 12.6. The number of carbonyl (C=O) groups excluding carboxylic acids is 1. The van der Waals surface area contributed by atoms with Crippen LogP contribution in [0.15, 0.2) is 53.6 Å². The second kappa shape index (κ2) is 7.45. The van der Waals surface area contributed by atoms with E-state index in [2.05, 4.69) is 9.88 Å². The molecule has 1 saturated heterocycles. The molecular formula is C19H22N2O3S. The molecule has 0 saturated carbocycles. The van der Waals surface area contributed by atoms with E-state index in [1.54, 1.807) is 24.4 Å². The fraction of sp³-hybridized carbons (Fsp3) is 0.368. The van der Waals surface area contributed by atoms with Gasteiger partial charge in [-0.25, -0.2) is 8.42 Å². The van der Waals surface area contributed by atoms with E-state index in [0.717, 1.165) is 31.5 Å². The Morgan fingerprint density at radius 3 is 2.60 bits per heavy atom. The monoisotopic (exact) mass is 358 g/mol. The van der Waals surface area contributed by atoms with Crippen molar-refractivity contribution in [3.05, 3.63) is 59.9 Å². The zero-order chi connectivity index (χ0) is 17.9. The Bertz CT molecular complexity index is 833. The summed E-state index contributed by atoms with van der Waals surface area (Å²) in [5, 5.41) is 0. The molecule has 0 radical (unpaired) electrons. The fourth-order valence-electron chi connectivity index (χ4n) is 3.23. The molecule has 3 rings (SSSR count). The van der Waals surface area contributed by atoms with E-state index in [0.29, 0.717) is 17.1 Å². The highest BCUT2D eigenvalue weighted by Gasteiger charge is 2.27. The van der Waals surface area contributed by atoms with Crippen LogP contribution in [0.2, 0.25) is 0 Å². The molecule has 5 nitrogen and oxygen atoms in total. The lowest BCUT2D eigenvalue weighted by Gasteiger charge is -2.31. The fourth-order valence-corrected chi connectivity index (χ4v) is 3.86. The number of hydrogen-bond acceptors (Lipinski definition) is 5. The quantitative estimate of drug-likeness (QED) is 0.769. The largest absolute Gasteiger partial charge is 0.298 e. The lowest BCUT2D eigenvalue weighted by molar-refractivity contribution is 0.0806. The summed E-state index contributed by atoms with van der Waals surface area (Å²) in [5.74, 6) is 0.0802. The number of sulfone groups is 1. The van der Waals surface area contributed by atoms with E-state index in [4.69, 9.17) is 0 Å². The van der Waals surface area contributed by atoms with Crippen molar-refractivity contribution in [2.45, 2.75) is 24.3 Å². The third-order valence-corrected chi connectivity index (χ3v) is 5.68. The van der Waals surface area contributed by atoms with Crippen molar-refractivity contribution >= 4 is 15.6 Å². The minimum atomic E-state index is -3.17. The van der Waals surface area contributed by atoms with Crippen molar-refractivity contribution < 1.29 is 13.2 Å². The van der Waals surface area contributed by atoms with Crippen LogP contribution in [0.4, 0.5) is 0 Å². The van der Waals surface area contributed by atoms with Crippen molar-refractivity contribution in [1.82, 2.24) is 9.88 Å². The molecule has 1 aliphatic rings. The number of aromatic nitrogens is 1. The number of carbonyl (C=O) groups is 1. The number of pyridine rings is 1. The summed E-state index contributed by atoms with van der Waals surface area (Å²) >= 11 is 0. The second-order valence-corrected chi connectivity index (χ2v) is 8.59. The van der Waals surface area contributed by atoms with Gasteiger partial charge < -0.3 is 0 Å². The molecule has 0 aliphatic carbocycles. The predicted octanol–water partition coefficient (Wildman–Crippen LogP) is 2.58. The van der Waals surface area contributed by atoms with E-state index in [9.17, 15) is 13.2 Å². The Morgan fingerprint density at radius 2 is 1.96 bits per heavy atom. The van der Waals surface area contributed by atoms with Gasteiger partial charge in [-0.05, 0) is 49.2 Å². The summed E-state index contributed by atoms with van der Waals surface area (Å²) in [5.41, 5.74) is 1.59. The number of ketones is 1. The van der Waals surface area contributed by atoms with Crippen molar-refractivity contribution in [1.29, 1.82) is 0 Å². The van der Waals surface area contributed by atoms with Gasteiger partial charge in [0, 0.05) is 31.5 Å². The zero-order valence-electron chi connectivity index (χ0n) is 14.3. The van der Waals surface area contributed by atoms with E-state index in [1.807, 2.05) is 24.3 Å². The predicted molar refractivity (Wildman–Crippen MR) is 96.1 cm³/mol. The number of nitrogens with zero attached hydrogens (tertiary/aromatic N) is 2. The first-order valence-corrected chi connectivity index (χ1v) is 10.3. The number of benzene rings is 1. The minimum absolute atomic E-state index is 0.0288. The van der Waals surface area contributed by atoms with Crippen LogP contribution in [0.3, 0.4) is 0 Å². The molecule has 25 heavy (non-hydrogen) atoms. The minimum Gasteiger partial charge on any atom is -0.298 e. The van der Waals surface area contributed by atoms with Gasteiger partial charge >= 0.3 is 0 Å². The number of rotatable bonds is 5. The standard InChI is InChI=1S/C19H22N2O3S/c1-25(23,24)17-9-7-15(8-10-17)13-21-12-4-5-16(14-21)19(22)18-6-2-3-11-20-18/h2-3,6-11,16H,4-5,12-14H2,1H3. The number of hydrogen-bond donors (Lipinski definition) is 0. The van der Waals surface area contributed by atoms with Crippen LogP contribution in [0.5, 0.6) is 0 Å². The molecule has 1 atom stereocenters. The normalized spacial score (nSPS) is 18.8. The highest BCUT2D eigenvalue weighted by Crippen LogP contribution is 2.22. The van der Waals surface area contributed by atoms with Crippen LogP contribution in [-0.2, 0) is 16.4 Å². The summed E-state index contributed by atoms with van der Waals surface area (Å²) in [6.07, 6.45) is 4.72. The molecule has 0 spiro atoms. The molecule has 1 fully saturated rings. The van der Waals surface area contributed by atoms with E-state index in [1.165, 1.54) is 6.26 Å². The van der Waals surface area contributed by atoms with Crippen LogP contribution in [-0.4, -0.2) is 43.4 Å². The van der Waals surface area contributed by atoms with Gasteiger partial charge in [0.15, 0.2) is 15.6 Å². The number of likely N-dealkylation sites (tertiary alicyclic amines) is 1. The molecule has 1 aromatic carbocycles. The molecule has 0 bridgehead atoms. The zero-order valence-corrected chi connectivity index (χ0v) is 15.1. The topological polar surface area (TPSA) is 67.3 Å². The first-order chi connectivity index (χ1) is 11.9. The maximum Gasteiger partial charge on any atom is 0.185 e. The average Bonchev–Trinajstić information content (AvgIpc) is 2.62. The second-order valence-electron chi connectivity index (χ2n) is 6.57. The van der Waals surface area contributed by atoms with E-state index >= 15 is 0 Å². The summed E-state index contributed by atoms with van der Waals surface area (Å²) < 4.78 is 23.1. The van der Waals surface area contributed by atoms with Gasteiger partial charge in [0.1, 0.15) is 5.69 Å². The van der Waals surface area contributed by atoms with Crippen molar-refractivity contribution in [3.8, 4) is 0 Å². The Morgan fingerprint density at radius 1 is 1.20 bits per heavy atom. The van der Waals surface area contributed by atoms with Crippen LogP contribution < -0.4 is 0 Å². The molecule has 1 unspecified atom stereocenters. The first kappa shape index (κ1) is 17.8. The Kier molecular flexibility index (Phi) is 5.30. The number of Topliss-reactive ketones (excluding diaryl/α,β-unsaturated/α-hetero) is 1. The van der Waals surface area contributed by atoms with E-state index in [-0.39, 0.29) is 11.7 Å². The van der Waals surface area contributed by atoms with Gasteiger partial charge in [-0.15, -0.1) is 0 Å². The summed E-state index contributed by atoms with van der Waals surface area (Å²) in [4.78, 5) is 19.4. The Hall–Kier alpha value is -2.05. The Balaban J connectivity index is 1.65. The van der Waals surface area contributed by atoms with Gasteiger partial charge in [-0.2, -0.15) is 0 Å². The van der Waals surface area contributed by atoms with Gasteiger partial charge in [0.05, 0.1) is 4.90 Å². The van der Waals surface area contributed by atoms with Crippen LogP contribution in [0.1, 0.15) is 28.9 Å². The molecular weight excluding hydrogens is 336 g/mol. The molecule has 6 heteroatoms. The van der Waals surface area contributed by atoms with Crippen molar-refractivity contribution in [2.75, 3.05) is 19.3 Å². The molecule has 1 aromatic heterocycles. The lowest BCUT2D eigenvalue weighted by Crippen LogP contribution is -2.38. The van der Waals surface area contributed by atoms with Gasteiger partial charge in [0.2, 0.25) is 0 Å². The third-order valence-electron chi connectivity index (χ3n) is 4.55. The molecule has 2 heterocycles. The molecule has 1 aliphatic heterocycles. The van der Waals surface area contributed by atoms with Gasteiger partial charge in [-0.3, -0.25) is 14.7 Å². The maximum atomic E-state index is 12.6.